The average Bonchev–Trinajstić information content (AvgIpc) is 2.94. The van der Waals surface area contributed by atoms with Crippen molar-refractivity contribution in [3.8, 4) is 0 Å². The Bertz CT molecular complexity index is 572. The molecule has 1 unspecified atom stereocenters. The summed E-state index contributed by atoms with van der Waals surface area (Å²) in [5, 5.41) is 3.13. The summed E-state index contributed by atoms with van der Waals surface area (Å²) in [6, 6.07) is 13.4. The molecule has 2 amide bonds. The van der Waals surface area contributed by atoms with E-state index in [1.54, 1.807) is 6.26 Å². The third kappa shape index (κ3) is 3.50. The number of hydrogen-bond donors (Lipinski definition) is 1. The molecule has 116 valence electrons. The van der Waals surface area contributed by atoms with Gasteiger partial charge in [-0.15, -0.1) is 0 Å². The molecule has 4 nitrogen and oxygen atoms in total. The molecular formula is C18H22N2O2. The van der Waals surface area contributed by atoms with E-state index in [0.717, 1.165) is 37.3 Å². The van der Waals surface area contributed by atoms with E-state index in [2.05, 4.69) is 5.32 Å². The summed E-state index contributed by atoms with van der Waals surface area (Å²) in [6.45, 7) is 1.68. The van der Waals surface area contributed by atoms with E-state index >= 15 is 0 Å². The van der Waals surface area contributed by atoms with Crippen molar-refractivity contribution >= 4 is 6.03 Å². The minimum absolute atomic E-state index is 0.00727. The summed E-state index contributed by atoms with van der Waals surface area (Å²) in [5.41, 5.74) is 1.03. The van der Waals surface area contributed by atoms with Gasteiger partial charge in [-0.25, -0.2) is 4.79 Å². The van der Waals surface area contributed by atoms with Crippen molar-refractivity contribution in [2.24, 2.45) is 0 Å². The van der Waals surface area contributed by atoms with Crippen molar-refractivity contribution in [1.82, 2.24) is 10.2 Å². The number of carbonyl (C=O) groups is 1. The molecule has 2 heterocycles. The van der Waals surface area contributed by atoms with E-state index < -0.39 is 0 Å². The molecule has 0 spiro atoms. The first-order valence-corrected chi connectivity index (χ1v) is 7.98. The minimum Gasteiger partial charge on any atom is -0.467 e. The number of rotatable bonds is 3. The molecule has 0 saturated carbocycles. The molecule has 2 aromatic rings. The summed E-state index contributed by atoms with van der Waals surface area (Å²) in [4.78, 5) is 14.5. The molecule has 1 aromatic heterocycles. The Kier molecular flexibility index (Phi) is 4.78. The Morgan fingerprint density at radius 3 is 2.36 bits per heavy atom. The first kappa shape index (κ1) is 14.7. The van der Waals surface area contributed by atoms with Crippen molar-refractivity contribution < 1.29 is 9.21 Å². The van der Waals surface area contributed by atoms with Gasteiger partial charge in [0.15, 0.2) is 0 Å². The lowest BCUT2D eigenvalue weighted by atomic mass is 10.0. The molecule has 1 aliphatic rings. The van der Waals surface area contributed by atoms with Crippen LogP contribution >= 0.6 is 0 Å². The molecule has 0 radical (unpaired) electrons. The van der Waals surface area contributed by atoms with E-state index in [1.807, 2.05) is 47.4 Å². The smallest absolute Gasteiger partial charge is 0.318 e. The van der Waals surface area contributed by atoms with Crippen LogP contribution in [-0.4, -0.2) is 24.0 Å². The quantitative estimate of drug-likeness (QED) is 0.932. The van der Waals surface area contributed by atoms with Gasteiger partial charge in [0.25, 0.3) is 0 Å². The van der Waals surface area contributed by atoms with Gasteiger partial charge in [0.1, 0.15) is 11.8 Å². The normalized spacial score (nSPS) is 16.8. The molecule has 4 heteroatoms. The lowest BCUT2D eigenvalue weighted by Crippen LogP contribution is -2.42. The molecule has 22 heavy (non-hydrogen) atoms. The number of nitrogens with one attached hydrogen (secondary N) is 1. The predicted octanol–water partition coefficient (Wildman–Crippen LogP) is 3.95. The zero-order valence-electron chi connectivity index (χ0n) is 12.7. The van der Waals surface area contributed by atoms with E-state index in [1.165, 1.54) is 12.8 Å². The Morgan fingerprint density at radius 2 is 1.73 bits per heavy atom. The van der Waals surface area contributed by atoms with Gasteiger partial charge in [0, 0.05) is 13.1 Å². The largest absolute Gasteiger partial charge is 0.467 e. The van der Waals surface area contributed by atoms with Crippen LogP contribution in [0.4, 0.5) is 4.79 Å². The van der Waals surface area contributed by atoms with E-state index in [0.29, 0.717) is 0 Å². The lowest BCUT2D eigenvalue weighted by Gasteiger charge is -2.24. The summed E-state index contributed by atoms with van der Waals surface area (Å²) >= 11 is 0. The first-order chi connectivity index (χ1) is 10.8. The molecule has 1 saturated heterocycles. The highest BCUT2D eigenvalue weighted by molar-refractivity contribution is 5.75. The average molecular weight is 298 g/mol. The minimum atomic E-state index is -0.244. The fraction of sp³-hybridized carbons (Fsp3) is 0.389. The summed E-state index contributed by atoms with van der Waals surface area (Å²) in [6.07, 6.45) is 6.24. The third-order valence-electron chi connectivity index (χ3n) is 4.12. The van der Waals surface area contributed by atoms with Crippen LogP contribution in [0.25, 0.3) is 0 Å². The molecule has 1 aliphatic heterocycles. The van der Waals surface area contributed by atoms with Crippen LogP contribution in [0.2, 0.25) is 0 Å². The van der Waals surface area contributed by atoms with E-state index in [9.17, 15) is 4.79 Å². The van der Waals surface area contributed by atoms with E-state index in [-0.39, 0.29) is 12.1 Å². The molecule has 0 bridgehead atoms. The van der Waals surface area contributed by atoms with Gasteiger partial charge < -0.3 is 14.6 Å². The number of nitrogens with zero attached hydrogens (tertiary/aromatic N) is 1. The van der Waals surface area contributed by atoms with Gasteiger partial charge in [-0.1, -0.05) is 43.2 Å². The van der Waals surface area contributed by atoms with Crippen molar-refractivity contribution in [2.45, 2.75) is 31.7 Å². The Balaban J connectivity index is 1.77. The van der Waals surface area contributed by atoms with Crippen LogP contribution in [0.1, 0.15) is 43.0 Å². The van der Waals surface area contributed by atoms with Gasteiger partial charge in [0.05, 0.1) is 6.26 Å². The highest BCUT2D eigenvalue weighted by Crippen LogP contribution is 2.23. The van der Waals surface area contributed by atoms with Crippen molar-refractivity contribution in [3.05, 3.63) is 60.1 Å². The number of amides is 2. The maximum Gasteiger partial charge on any atom is 0.318 e. The summed E-state index contributed by atoms with van der Waals surface area (Å²) in [5.74, 6) is 0.759. The monoisotopic (exact) mass is 298 g/mol. The maximum atomic E-state index is 12.6. The Labute approximate surface area is 131 Å². The molecule has 1 aromatic carbocycles. The van der Waals surface area contributed by atoms with Crippen LogP contribution in [0.15, 0.2) is 53.1 Å². The summed E-state index contributed by atoms with van der Waals surface area (Å²) in [7, 11) is 0. The Hall–Kier alpha value is -2.23. The molecule has 0 aliphatic carbocycles. The lowest BCUT2D eigenvalue weighted by molar-refractivity contribution is 0.196. The zero-order chi connectivity index (χ0) is 15.2. The van der Waals surface area contributed by atoms with Crippen LogP contribution in [-0.2, 0) is 0 Å². The van der Waals surface area contributed by atoms with Gasteiger partial charge in [-0.2, -0.15) is 0 Å². The second-order valence-corrected chi connectivity index (χ2v) is 5.71. The third-order valence-corrected chi connectivity index (χ3v) is 4.12. The number of carbonyl (C=O) groups excluding carboxylic acids is 1. The number of hydrogen-bond acceptors (Lipinski definition) is 2. The number of benzene rings is 1. The van der Waals surface area contributed by atoms with Crippen LogP contribution in [0.3, 0.4) is 0 Å². The Morgan fingerprint density at radius 1 is 1.00 bits per heavy atom. The van der Waals surface area contributed by atoms with Crippen molar-refractivity contribution in [1.29, 1.82) is 0 Å². The second-order valence-electron chi connectivity index (χ2n) is 5.71. The highest BCUT2D eigenvalue weighted by Gasteiger charge is 2.23. The van der Waals surface area contributed by atoms with Crippen LogP contribution in [0, 0.1) is 0 Å². The highest BCUT2D eigenvalue weighted by atomic mass is 16.3. The maximum absolute atomic E-state index is 12.6. The van der Waals surface area contributed by atoms with Crippen molar-refractivity contribution in [2.75, 3.05) is 13.1 Å². The first-order valence-electron chi connectivity index (χ1n) is 7.98. The fourth-order valence-electron chi connectivity index (χ4n) is 2.91. The topological polar surface area (TPSA) is 45.5 Å². The number of likely N-dealkylation sites (tertiary alicyclic amines) is 1. The number of urea groups is 1. The fourth-order valence-corrected chi connectivity index (χ4v) is 2.91. The van der Waals surface area contributed by atoms with Crippen LogP contribution < -0.4 is 5.32 Å². The second kappa shape index (κ2) is 7.16. The molecule has 1 fully saturated rings. The van der Waals surface area contributed by atoms with Gasteiger partial charge in [-0.3, -0.25) is 0 Å². The molecule has 1 atom stereocenters. The molecule has 3 rings (SSSR count). The summed E-state index contributed by atoms with van der Waals surface area (Å²) < 4.78 is 5.53. The molecular weight excluding hydrogens is 276 g/mol. The standard InChI is InChI=1S/C18H22N2O2/c21-18(20-12-6-1-2-7-13-20)19-17(16-11-8-14-22-16)15-9-4-3-5-10-15/h3-5,8-11,14,17H,1-2,6-7,12-13H2,(H,19,21). The van der Waals surface area contributed by atoms with E-state index in [4.69, 9.17) is 4.42 Å². The van der Waals surface area contributed by atoms with Crippen LogP contribution in [0.5, 0.6) is 0 Å². The van der Waals surface area contributed by atoms with Crippen molar-refractivity contribution in [3.63, 3.8) is 0 Å². The number of furan rings is 1. The predicted molar refractivity (Wildman–Crippen MR) is 85.6 cm³/mol. The molecule has 1 N–H and O–H groups in total. The van der Waals surface area contributed by atoms with Gasteiger partial charge >= 0.3 is 6.03 Å². The zero-order valence-corrected chi connectivity index (χ0v) is 12.7. The SMILES string of the molecule is O=C(NC(c1ccccc1)c1ccco1)N1CCCCCC1. The van der Waals surface area contributed by atoms with Gasteiger partial charge in [0.2, 0.25) is 0 Å². The van der Waals surface area contributed by atoms with Gasteiger partial charge in [-0.05, 0) is 30.5 Å².